The van der Waals surface area contributed by atoms with E-state index in [2.05, 4.69) is 38.2 Å². The number of allylic oxidation sites excluding steroid dienone is 4. The molecule has 0 spiro atoms. The molecule has 0 aromatic rings. The van der Waals surface area contributed by atoms with Crippen molar-refractivity contribution in [3.63, 3.8) is 0 Å². The zero-order valence-electron chi connectivity index (χ0n) is 43.3. The Morgan fingerprint density at radius 2 is 0.578 bits per heavy atom. The van der Waals surface area contributed by atoms with Gasteiger partial charge in [-0.15, -0.1) is 0 Å². The third-order valence-electron chi connectivity index (χ3n) is 13.2. The van der Waals surface area contributed by atoms with Crippen LogP contribution in [0.3, 0.4) is 0 Å². The Morgan fingerprint density at radius 1 is 0.344 bits per heavy atom. The summed E-state index contributed by atoms with van der Waals surface area (Å²) >= 11 is 0. The summed E-state index contributed by atoms with van der Waals surface area (Å²) < 4.78 is 10.7. The minimum absolute atomic E-state index is 0.0626. The summed E-state index contributed by atoms with van der Waals surface area (Å²) in [7, 11) is 0. The van der Waals surface area contributed by atoms with Gasteiger partial charge in [0.15, 0.2) is 6.10 Å². The van der Waals surface area contributed by atoms with Gasteiger partial charge in [-0.25, -0.2) is 0 Å². The van der Waals surface area contributed by atoms with E-state index >= 15 is 0 Å². The maximum atomic E-state index is 12.3. The number of carbonyl (C=O) groups is 2. The van der Waals surface area contributed by atoms with Crippen LogP contribution in [0.5, 0.6) is 0 Å². The molecule has 378 valence electrons. The van der Waals surface area contributed by atoms with Crippen molar-refractivity contribution in [2.75, 3.05) is 13.2 Å². The average Bonchev–Trinajstić information content (AvgIpc) is 3.30. The standard InChI is InChI=1S/C59H112O5/c1-3-5-7-9-11-13-15-17-19-21-22-23-24-25-26-27-28-29-30-31-32-33-34-35-36-38-40-42-44-46-48-50-52-54-59(62)64-57(55-60)56-63-58(61)53-51-49-47-45-43-41-39-37-20-18-16-14-12-10-8-6-4-2/h18,20-22,57,60H,3-17,19,23-56H2,1-2H3/b20-18-,22-21-. The van der Waals surface area contributed by atoms with Crippen LogP contribution >= 0.6 is 0 Å². The maximum Gasteiger partial charge on any atom is 0.306 e. The molecule has 1 N–H and O–H groups in total. The number of ether oxygens (including phenoxy) is 2. The number of hydrogen-bond acceptors (Lipinski definition) is 5. The number of unbranched alkanes of at least 4 members (excludes halogenated alkanes) is 42. The topological polar surface area (TPSA) is 72.8 Å². The number of rotatable bonds is 54. The van der Waals surface area contributed by atoms with Gasteiger partial charge in [0.2, 0.25) is 0 Å². The predicted molar refractivity (Wildman–Crippen MR) is 279 cm³/mol. The fourth-order valence-corrected chi connectivity index (χ4v) is 8.84. The van der Waals surface area contributed by atoms with Gasteiger partial charge in [-0.3, -0.25) is 9.59 Å². The monoisotopic (exact) mass is 901 g/mol. The lowest BCUT2D eigenvalue weighted by Crippen LogP contribution is -2.28. The van der Waals surface area contributed by atoms with Gasteiger partial charge < -0.3 is 14.6 Å². The maximum absolute atomic E-state index is 12.3. The minimum Gasteiger partial charge on any atom is -0.462 e. The molecule has 0 aliphatic rings. The molecule has 0 aliphatic heterocycles. The highest BCUT2D eigenvalue weighted by Gasteiger charge is 2.16. The van der Waals surface area contributed by atoms with E-state index in [9.17, 15) is 14.7 Å². The molecule has 0 fully saturated rings. The highest BCUT2D eigenvalue weighted by atomic mass is 16.6. The Kier molecular flexibility index (Phi) is 54.3. The number of carbonyl (C=O) groups excluding carboxylic acids is 2. The molecule has 64 heavy (non-hydrogen) atoms. The van der Waals surface area contributed by atoms with Crippen LogP contribution in [0.1, 0.15) is 322 Å². The second-order valence-corrected chi connectivity index (χ2v) is 19.7. The van der Waals surface area contributed by atoms with Crippen molar-refractivity contribution >= 4 is 11.9 Å². The van der Waals surface area contributed by atoms with Crippen molar-refractivity contribution in [2.24, 2.45) is 0 Å². The van der Waals surface area contributed by atoms with Crippen molar-refractivity contribution in [3.05, 3.63) is 24.3 Å². The van der Waals surface area contributed by atoms with Crippen LogP contribution in [0.25, 0.3) is 0 Å². The van der Waals surface area contributed by atoms with Crippen molar-refractivity contribution in [3.8, 4) is 0 Å². The quantitative estimate of drug-likeness (QED) is 0.0374. The van der Waals surface area contributed by atoms with Crippen LogP contribution in [-0.4, -0.2) is 36.4 Å². The summed E-state index contributed by atoms with van der Waals surface area (Å²) in [5, 5.41) is 9.64. The number of aliphatic hydroxyl groups is 1. The molecule has 0 bridgehead atoms. The molecule has 0 aromatic heterocycles. The number of esters is 2. The Labute approximate surface area is 400 Å². The van der Waals surface area contributed by atoms with E-state index in [1.165, 1.54) is 257 Å². The van der Waals surface area contributed by atoms with E-state index in [4.69, 9.17) is 9.47 Å². The fourth-order valence-electron chi connectivity index (χ4n) is 8.84. The van der Waals surface area contributed by atoms with Gasteiger partial charge in [0.25, 0.3) is 0 Å². The van der Waals surface area contributed by atoms with E-state index in [1.54, 1.807) is 0 Å². The van der Waals surface area contributed by atoms with Gasteiger partial charge in [0.1, 0.15) is 6.61 Å². The molecule has 5 heteroatoms. The van der Waals surface area contributed by atoms with Crippen molar-refractivity contribution in [1.29, 1.82) is 0 Å². The predicted octanol–water partition coefficient (Wildman–Crippen LogP) is 19.3. The lowest BCUT2D eigenvalue weighted by Gasteiger charge is -2.15. The first-order valence-electron chi connectivity index (χ1n) is 28.9. The smallest absolute Gasteiger partial charge is 0.306 e. The summed E-state index contributed by atoms with van der Waals surface area (Å²) in [5.41, 5.74) is 0. The van der Waals surface area contributed by atoms with Crippen LogP contribution in [0.4, 0.5) is 0 Å². The first kappa shape index (κ1) is 62.4. The number of hydrogen-bond donors (Lipinski definition) is 1. The third-order valence-corrected chi connectivity index (χ3v) is 13.2. The zero-order valence-corrected chi connectivity index (χ0v) is 43.3. The van der Waals surface area contributed by atoms with Crippen LogP contribution < -0.4 is 0 Å². The highest BCUT2D eigenvalue weighted by Crippen LogP contribution is 2.17. The largest absolute Gasteiger partial charge is 0.462 e. The van der Waals surface area contributed by atoms with Crippen molar-refractivity contribution in [1.82, 2.24) is 0 Å². The molecular weight excluding hydrogens is 789 g/mol. The Morgan fingerprint density at radius 3 is 0.844 bits per heavy atom. The van der Waals surface area contributed by atoms with E-state index in [1.807, 2.05) is 0 Å². The van der Waals surface area contributed by atoms with Gasteiger partial charge in [0.05, 0.1) is 6.61 Å². The third kappa shape index (κ3) is 53.0. The van der Waals surface area contributed by atoms with Gasteiger partial charge >= 0.3 is 11.9 Å². The molecule has 0 rings (SSSR count). The van der Waals surface area contributed by atoms with E-state index in [0.29, 0.717) is 12.8 Å². The van der Waals surface area contributed by atoms with Crippen LogP contribution in [-0.2, 0) is 19.1 Å². The zero-order chi connectivity index (χ0) is 46.3. The fraction of sp³-hybridized carbons (Fsp3) is 0.898. The Bertz CT molecular complexity index is 974. The molecule has 0 amide bonds. The van der Waals surface area contributed by atoms with Gasteiger partial charge in [-0.1, -0.05) is 269 Å². The van der Waals surface area contributed by atoms with Gasteiger partial charge in [0, 0.05) is 12.8 Å². The van der Waals surface area contributed by atoms with E-state index < -0.39 is 6.10 Å². The van der Waals surface area contributed by atoms with Crippen molar-refractivity contribution < 1.29 is 24.2 Å². The van der Waals surface area contributed by atoms with Crippen molar-refractivity contribution in [2.45, 2.75) is 328 Å². The highest BCUT2D eigenvalue weighted by molar-refractivity contribution is 5.70. The van der Waals surface area contributed by atoms with Gasteiger partial charge in [-0.2, -0.15) is 0 Å². The summed E-state index contributed by atoms with van der Waals surface area (Å²) in [6, 6.07) is 0. The Balaban J connectivity index is 3.39. The second kappa shape index (κ2) is 55.7. The normalized spacial score (nSPS) is 12.2. The first-order chi connectivity index (χ1) is 31.6. The summed E-state index contributed by atoms with van der Waals surface area (Å²) in [4.78, 5) is 24.5. The van der Waals surface area contributed by atoms with E-state index in [0.717, 1.165) is 38.5 Å². The molecule has 0 aliphatic carbocycles. The minimum atomic E-state index is -0.770. The average molecular weight is 902 g/mol. The molecule has 0 aromatic carbocycles. The molecule has 0 saturated heterocycles. The number of aliphatic hydroxyl groups excluding tert-OH is 1. The Hall–Kier alpha value is -1.62. The molecule has 0 heterocycles. The van der Waals surface area contributed by atoms with Crippen LogP contribution in [0.15, 0.2) is 24.3 Å². The van der Waals surface area contributed by atoms with E-state index in [-0.39, 0.29) is 25.2 Å². The van der Waals surface area contributed by atoms with Crippen LogP contribution in [0.2, 0.25) is 0 Å². The lowest BCUT2D eigenvalue weighted by atomic mass is 10.0. The van der Waals surface area contributed by atoms with Gasteiger partial charge in [-0.05, 0) is 64.2 Å². The molecule has 0 saturated carbocycles. The summed E-state index contributed by atoms with van der Waals surface area (Å²) in [6.45, 7) is 4.17. The lowest BCUT2D eigenvalue weighted by molar-refractivity contribution is -0.161. The second-order valence-electron chi connectivity index (χ2n) is 19.7. The summed E-state index contributed by atoms with van der Waals surface area (Å²) in [6.07, 6.45) is 70.3. The first-order valence-corrected chi connectivity index (χ1v) is 28.9. The summed E-state index contributed by atoms with van der Waals surface area (Å²) in [5.74, 6) is -0.578. The molecule has 1 unspecified atom stereocenters. The molecule has 0 radical (unpaired) electrons. The van der Waals surface area contributed by atoms with Crippen LogP contribution in [0, 0.1) is 0 Å². The molecular formula is C59H112O5. The SMILES string of the molecule is CCCCCCCC/C=C\CCCCCCCCCC(=O)OCC(CO)OC(=O)CCCCCCCCCCCCCCCCCCCCCCC/C=C\CCCCCCCCCC. The molecule has 5 nitrogen and oxygen atoms in total. The molecule has 1 atom stereocenters.